The van der Waals surface area contributed by atoms with E-state index in [0.29, 0.717) is 10.5 Å². The number of nitrogens with one attached hydrogen (secondary N) is 1. The number of aromatic amines is 1. The molecule has 1 aromatic heterocycles. The zero-order valence-corrected chi connectivity index (χ0v) is 9.11. The van der Waals surface area contributed by atoms with Crippen molar-refractivity contribution in [3.8, 4) is 0 Å². The number of rotatable bonds is 0. The van der Waals surface area contributed by atoms with E-state index in [9.17, 15) is 4.39 Å². The molecule has 1 heterocycles. The third kappa shape index (κ3) is 1.73. The predicted molar refractivity (Wildman–Crippen MR) is 57.1 cm³/mol. The Hall–Kier alpha value is -1.09. The second-order valence-corrected chi connectivity index (χ2v) is 3.03. The molecular formula is C10H12ClFN2. The summed E-state index contributed by atoms with van der Waals surface area (Å²) in [7, 11) is 0. The number of aryl methyl sites for hydroxylation is 1. The Morgan fingerprint density at radius 2 is 2.07 bits per heavy atom. The number of hydrogen-bond acceptors (Lipinski definition) is 1. The third-order valence-corrected chi connectivity index (χ3v) is 2.29. The van der Waals surface area contributed by atoms with Crippen molar-refractivity contribution in [1.82, 2.24) is 10.2 Å². The van der Waals surface area contributed by atoms with Crippen LogP contribution in [0.3, 0.4) is 0 Å². The summed E-state index contributed by atoms with van der Waals surface area (Å²) in [6.45, 7) is 5.83. The highest BCUT2D eigenvalue weighted by molar-refractivity contribution is 6.32. The van der Waals surface area contributed by atoms with Crippen LogP contribution >= 0.6 is 11.6 Å². The van der Waals surface area contributed by atoms with Gasteiger partial charge < -0.3 is 0 Å². The summed E-state index contributed by atoms with van der Waals surface area (Å²) >= 11 is 5.77. The van der Waals surface area contributed by atoms with Crippen molar-refractivity contribution in [2.24, 2.45) is 0 Å². The van der Waals surface area contributed by atoms with Crippen LogP contribution in [0.4, 0.5) is 4.39 Å². The maximum atomic E-state index is 13.1. The summed E-state index contributed by atoms with van der Waals surface area (Å²) in [5, 5.41) is 7.48. The number of halogens is 2. The maximum Gasteiger partial charge on any atom is 0.150 e. The second-order valence-electron chi connectivity index (χ2n) is 2.62. The quantitative estimate of drug-likeness (QED) is 0.712. The first-order valence-corrected chi connectivity index (χ1v) is 4.85. The van der Waals surface area contributed by atoms with E-state index in [1.807, 2.05) is 20.8 Å². The molecule has 0 fully saturated rings. The molecule has 0 radical (unpaired) electrons. The molecule has 0 saturated heterocycles. The van der Waals surface area contributed by atoms with Crippen LogP contribution in [-0.4, -0.2) is 10.2 Å². The normalized spacial score (nSPS) is 9.79. The molecule has 4 heteroatoms. The first kappa shape index (κ1) is 11.0. The van der Waals surface area contributed by atoms with E-state index in [2.05, 4.69) is 10.2 Å². The van der Waals surface area contributed by atoms with Crippen LogP contribution < -0.4 is 0 Å². The molecular weight excluding hydrogens is 203 g/mol. The highest BCUT2D eigenvalue weighted by Gasteiger charge is 2.08. The van der Waals surface area contributed by atoms with Gasteiger partial charge in [0, 0.05) is 10.4 Å². The fourth-order valence-corrected chi connectivity index (χ4v) is 1.37. The molecule has 1 N–H and O–H groups in total. The average Bonchev–Trinajstić information content (AvgIpc) is 2.67. The molecule has 0 amide bonds. The Bertz CT molecular complexity index is 437. The van der Waals surface area contributed by atoms with Crippen LogP contribution in [0.1, 0.15) is 19.4 Å². The van der Waals surface area contributed by atoms with Gasteiger partial charge in [0.15, 0.2) is 0 Å². The number of H-pyrrole nitrogens is 1. The third-order valence-electron chi connectivity index (χ3n) is 1.89. The van der Waals surface area contributed by atoms with Gasteiger partial charge in [-0.1, -0.05) is 25.4 Å². The smallest absolute Gasteiger partial charge is 0.150 e. The minimum absolute atomic E-state index is 0.363. The van der Waals surface area contributed by atoms with Crippen LogP contribution in [0.5, 0.6) is 0 Å². The fraction of sp³-hybridized carbons (Fsp3) is 0.300. The van der Waals surface area contributed by atoms with Crippen molar-refractivity contribution >= 4 is 22.5 Å². The molecule has 0 saturated carbocycles. The van der Waals surface area contributed by atoms with Crippen LogP contribution in [0.2, 0.25) is 5.02 Å². The molecule has 0 aliphatic rings. The minimum atomic E-state index is -0.363. The van der Waals surface area contributed by atoms with E-state index in [0.717, 1.165) is 10.9 Å². The Balaban J connectivity index is 0.000000461. The van der Waals surface area contributed by atoms with Crippen molar-refractivity contribution in [1.29, 1.82) is 0 Å². The Labute approximate surface area is 87.1 Å². The van der Waals surface area contributed by atoms with E-state index >= 15 is 0 Å². The van der Waals surface area contributed by atoms with Crippen LogP contribution in [0.25, 0.3) is 10.9 Å². The molecule has 0 aliphatic carbocycles. The number of benzene rings is 1. The second kappa shape index (κ2) is 4.42. The number of hydrogen-bond donors (Lipinski definition) is 1. The minimum Gasteiger partial charge on any atom is -0.275 e. The molecule has 76 valence electrons. The number of nitrogens with zero attached hydrogens (tertiary/aromatic N) is 1. The monoisotopic (exact) mass is 214 g/mol. The molecule has 0 aliphatic heterocycles. The van der Waals surface area contributed by atoms with Gasteiger partial charge in [-0.2, -0.15) is 5.10 Å². The van der Waals surface area contributed by atoms with Gasteiger partial charge in [-0.3, -0.25) is 5.10 Å². The molecule has 14 heavy (non-hydrogen) atoms. The zero-order valence-electron chi connectivity index (χ0n) is 8.36. The fourth-order valence-electron chi connectivity index (χ4n) is 1.17. The zero-order chi connectivity index (χ0) is 10.7. The molecule has 0 unspecified atom stereocenters. The van der Waals surface area contributed by atoms with E-state index in [-0.39, 0.29) is 5.82 Å². The lowest BCUT2D eigenvalue weighted by Gasteiger charge is -1.99. The van der Waals surface area contributed by atoms with Crippen LogP contribution in [0.15, 0.2) is 12.3 Å². The molecule has 2 rings (SSSR count). The highest BCUT2D eigenvalue weighted by Crippen LogP contribution is 2.25. The van der Waals surface area contributed by atoms with Gasteiger partial charge in [0.1, 0.15) is 11.3 Å². The largest absolute Gasteiger partial charge is 0.275 e. The Kier molecular flexibility index (Phi) is 3.47. The lowest BCUT2D eigenvalue weighted by molar-refractivity contribution is 0.636. The first-order valence-electron chi connectivity index (χ1n) is 4.48. The molecule has 1 aromatic carbocycles. The van der Waals surface area contributed by atoms with Gasteiger partial charge in [-0.05, 0) is 18.6 Å². The summed E-state index contributed by atoms with van der Waals surface area (Å²) in [5.41, 5.74) is 1.26. The summed E-state index contributed by atoms with van der Waals surface area (Å²) < 4.78 is 13.1. The summed E-state index contributed by atoms with van der Waals surface area (Å²) in [4.78, 5) is 0. The Morgan fingerprint density at radius 3 is 2.71 bits per heavy atom. The Morgan fingerprint density at radius 1 is 1.43 bits per heavy atom. The summed E-state index contributed by atoms with van der Waals surface area (Å²) in [6.07, 6.45) is 1.57. The summed E-state index contributed by atoms with van der Waals surface area (Å²) in [6, 6.07) is 1.29. The van der Waals surface area contributed by atoms with E-state index in [4.69, 9.17) is 11.6 Å². The lowest BCUT2D eigenvalue weighted by Crippen LogP contribution is -1.82. The molecule has 2 aromatic rings. The lowest BCUT2D eigenvalue weighted by atomic mass is 10.1. The van der Waals surface area contributed by atoms with Crippen molar-refractivity contribution in [2.45, 2.75) is 20.8 Å². The van der Waals surface area contributed by atoms with E-state index < -0.39 is 0 Å². The summed E-state index contributed by atoms with van der Waals surface area (Å²) in [5.74, 6) is -0.363. The van der Waals surface area contributed by atoms with Crippen LogP contribution in [0, 0.1) is 12.7 Å². The van der Waals surface area contributed by atoms with Gasteiger partial charge in [0.05, 0.1) is 6.20 Å². The van der Waals surface area contributed by atoms with Gasteiger partial charge in [0.2, 0.25) is 0 Å². The molecule has 2 nitrogen and oxygen atoms in total. The standard InChI is InChI=1S/C8H6ClFN2.C2H6/c1-4-5-3-11-12-8(5)7(10)2-6(4)9;1-2/h2-3H,1H3,(H,11,12);1-2H3. The van der Waals surface area contributed by atoms with Crippen molar-refractivity contribution in [2.75, 3.05) is 0 Å². The average molecular weight is 215 g/mol. The SMILES string of the molecule is CC.Cc1c(Cl)cc(F)c2[nH]ncc12. The first-order chi connectivity index (χ1) is 6.70. The van der Waals surface area contributed by atoms with Gasteiger partial charge in [0.25, 0.3) is 0 Å². The molecule has 0 bridgehead atoms. The number of fused-ring (bicyclic) bond motifs is 1. The van der Waals surface area contributed by atoms with Crippen LogP contribution in [-0.2, 0) is 0 Å². The van der Waals surface area contributed by atoms with Crippen molar-refractivity contribution in [3.05, 3.63) is 28.7 Å². The predicted octanol–water partition coefficient (Wildman–Crippen LogP) is 3.69. The van der Waals surface area contributed by atoms with E-state index in [1.165, 1.54) is 6.07 Å². The van der Waals surface area contributed by atoms with Gasteiger partial charge in [-0.15, -0.1) is 0 Å². The van der Waals surface area contributed by atoms with E-state index in [1.54, 1.807) is 6.20 Å². The number of aromatic nitrogens is 2. The maximum absolute atomic E-state index is 13.1. The van der Waals surface area contributed by atoms with Gasteiger partial charge in [-0.25, -0.2) is 4.39 Å². The molecule has 0 spiro atoms. The van der Waals surface area contributed by atoms with Crippen molar-refractivity contribution < 1.29 is 4.39 Å². The highest BCUT2D eigenvalue weighted by atomic mass is 35.5. The van der Waals surface area contributed by atoms with Gasteiger partial charge >= 0.3 is 0 Å². The molecule has 0 atom stereocenters. The topological polar surface area (TPSA) is 28.7 Å². The van der Waals surface area contributed by atoms with Crippen molar-refractivity contribution in [3.63, 3.8) is 0 Å².